The average Bonchev–Trinajstić information content (AvgIpc) is 2.48. The molecular weight excluding hydrogens is 296 g/mol. The smallest absolute Gasteiger partial charge is 0.220 e. The summed E-state index contributed by atoms with van der Waals surface area (Å²) >= 11 is 0. The van der Waals surface area contributed by atoms with Crippen LogP contribution >= 0.6 is 12.4 Å². The van der Waals surface area contributed by atoms with E-state index in [1.165, 1.54) is 5.56 Å². The first-order valence-electron chi connectivity index (χ1n) is 8.13. The lowest BCUT2D eigenvalue weighted by atomic mass is 9.85. The van der Waals surface area contributed by atoms with Gasteiger partial charge in [0.1, 0.15) is 0 Å². The maximum absolute atomic E-state index is 12.4. The minimum absolute atomic E-state index is 0. The summed E-state index contributed by atoms with van der Waals surface area (Å²) in [4.78, 5) is 12.4. The third-order valence-corrected chi connectivity index (χ3v) is 4.61. The second-order valence-corrected chi connectivity index (χ2v) is 6.61. The number of halogens is 1. The Kier molecular flexibility index (Phi) is 7.91. The van der Waals surface area contributed by atoms with Gasteiger partial charge in [-0.05, 0) is 36.3 Å². The Hall–Kier alpha value is -1.06. The molecule has 0 spiro atoms. The van der Waals surface area contributed by atoms with Crippen molar-refractivity contribution in [2.24, 2.45) is 11.8 Å². The van der Waals surface area contributed by atoms with Gasteiger partial charge in [0.25, 0.3) is 0 Å². The quantitative estimate of drug-likeness (QED) is 0.872. The zero-order valence-electron chi connectivity index (χ0n) is 13.8. The van der Waals surface area contributed by atoms with Crippen LogP contribution in [0.25, 0.3) is 0 Å². The zero-order valence-corrected chi connectivity index (χ0v) is 14.7. The van der Waals surface area contributed by atoms with E-state index < -0.39 is 0 Å². The van der Waals surface area contributed by atoms with Crippen molar-refractivity contribution in [1.82, 2.24) is 10.6 Å². The van der Waals surface area contributed by atoms with E-state index in [4.69, 9.17) is 0 Å². The molecule has 1 saturated heterocycles. The third-order valence-electron chi connectivity index (χ3n) is 4.61. The third kappa shape index (κ3) is 5.29. The van der Waals surface area contributed by atoms with E-state index in [-0.39, 0.29) is 30.3 Å². The van der Waals surface area contributed by atoms with Gasteiger partial charge in [-0.15, -0.1) is 12.4 Å². The van der Waals surface area contributed by atoms with E-state index in [2.05, 4.69) is 55.7 Å². The molecule has 1 fully saturated rings. The lowest BCUT2D eigenvalue weighted by Gasteiger charge is -2.31. The summed E-state index contributed by atoms with van der Waals surface area (Å²) in [6.07, 6.45) is 1.71. The van der Waals surface area contributed by atoms with Crippen LogP contribution in [0.2, 0.25) is 0 Å². The molecule has 0 radical (unpaired) electrons. The topological polar surface area (TPSA) is 41.1 Å². The summed E-state index contributed by atoms with van der Waals surface area (Å²) in [5.74, 6) is 1.49. The molecule has 0 aliphatic carbocycles. The molecule has 1 aliphatic heterocycles. The van der Waals surface area contributed by atoms with Crippen LogP contribution in [0.1, 0.15) is 45.1 Å². The van der Waals surface area contributed by atoms with Crippen LogP contribution < -0.4 is 10.6 Å². The van der Waals surface area contributed by atoms with E-state index >= 15 is 0 Å². The number of carbonyl (C=O) groups is 1. The first-order valence-corrected chi connectivity index (χ1v) is 8.13. The molecule has 3 nitrogen and oxygen atoms in total. The van der Waals surface area contributed by atoms with Gasteiger partial charge in [0.2, 0.25) is 5.91 Å². The Morgan fingerprint density at radius 1 is 1.32 bits per heavy atom. The van der Waals surface area contributed by atoms with Gasteiger partial charge >= 0.3 is 0 Å². The van der Waals surface area contributed by atoms with E-state index in [0.29, 0.717) is 18.3 Å². The summed E-state index contributed by atoms with van der Waals surface area (Å²) in [5.41, 5.74) is 1.26. The van der Waals surface area contributed by atoms with Crippen LogP contribution in [-0.4, -0.2) is 25.0 Å². The number of hydrogen-bond donors (Lipinski definition) is 2. The highest BCUT2D eigenvalue weighted by molar-refractivity contribution is 5.85. The van der Waals surface area contributed by atoms with Gasteiger partial charge in [0.15, 0.2) is 0 Å². The predicted molar refractivity (Wildman–Crippen MR) is 94.5 cm³/mol. The molecule has 1 aromatic carbocycles. The van der Waals surface area contributed by atoms with Crippen LogP contribution in [0, 0.1) is 11.8 Å². The Balaban J connectivity index is 0.00000242. The van der Waals surface area contributed by atoms with E-state index in [9.17, 15) is 4.79 Å². The first kappa shape index (κ1) is 19.0. The van der Waals surface area contributed by atoms with Gasteiger partial charge in [0.05, 0.1) is 0 Å². The molecular formula is C18H29ClN2O. The highest BCUT2D eigenvalue weighted by Crippen LogP contribution is 2.27. The number of rotatable bonds is 5. The maximum atomic E-state index is 12.4. The summed E-state index contributed by atoms with van der Waals surface area (Å²) in [6.45, 7) is 8.56. The zero-order chi connectivity index (χ0) is 15.2. The van der Waals surface area contributed by atoms with Gasteiger partial charge in [-0.25, -0.2) is 0 Å². The summed E-state index contributed by atoms with van der Waals surface area (Å²) in [7, 11) is 0. The van der Waals surface area contributed by atoms with Crippen LogP contribution in [0.15, 0.2) is 30.3 Å². The predicted octanol–water partition coefficient (Wildman–Crippen LogP) is 3.35. The molecule has 22 heavy (non-hydrogen) atoms. The number of nitrogens with one attached hydrogen (secondary N) is 2. The van der Waals surface area contributed by atoms with Gasteiger partial charge < -0.3 is 10.6 Å². The van der Waals surface area contributed by atoms with Gasteiger partial charge in [-0.3, -0.25) is 4.79 Å². The van der Waals surface area contributed by atoms with Crippen molar-refractivity contribution in [3.63, 3.8) is 0 Å². The molecule has 0 bridgehead atoms. The monoisotopic (exact) mass is 324 g/mol. The maximum Gasteiger partial charge on any atom is 0.220 e. The Morgan fingerprint density at radius 3 is 2.59 bits per heavy atom. The molecule has 0 saturated carbocycles. The average molecular weight is 325 g/mol. The normalized spacial score (nSPS) is 22.7. The molecule has 2 rings (SSSR count). The number of hydrogen-bond acceptors (Lipinski definition) is 2. The van der Waals surface area contributed by atoms with Crippen molar-refractivity contribution < 1.29 is 4.79 Å². The van der Waals surface area contributed by atoms with E-state index in [1.54, 1.807) is 0 Å². The van der Waals surface area contributed by atoms with Crippen molar-refractivity contribution in [2.75, 3.05) is 13.1 Å². The molecule has 3 atom stereocenters. The first-order chi connectivity index (χ1) is 10.1. The number of piperidine rings is 1. The molecule has 3 unspecified atom stereocenters. The molecule has 2 N–H and O–H groups in total. The van der Waals surface area contributed by atoms with Gasteiger partial charge in [0, 0.05) is 19.0 Å². The second kappa shape index (κ2) is 9.16. The van der Waals surface area contributed by atoms with E-state index in [0.717, 1.165) is 19.5 Å². The Labute approximate surface area is 140 Å². The molecule has 1 aliphatic rings. The largest absolute Gasteiger partial charge is 0.352 e. The minimum atomic E-state index is 0. The molecule has 1 heterocycles. The summed E-state index contributed by atoms with van der Waals surface area (Å²) < 4.78 is 0. The van der Waals surface area contributed by atoms with Crippen molar-refractivity contribution in [3.05, 3.63) is 35.9 Å². The van der Waals surface area contributed by atoms with Crippen molar-refractivity contribution in [2.45, 2.75) is 45.6 Å². The fraction of sp³-hybridized carbons (Fsp3) is 0.611. The fourth-order valence-corrected chi connectivity index (χ4v) is 3.09. The minimum Gasteiger partial charge on any atom is -0.352 e. The number of benzene rings is 1. The standard InChI is InChI=1S/C18H28N2O.ClH/c1-13(2)16(15-7-5-4-6-8-15)11-18(21)20-17-12-19-10-9-14(17)3;/h4-8,13-14,16-17,19H,9-12H2,1-3H3,(H,20,21);1H. The molecule has 1 aromatic rings. The van der Waals surface area contributed by atoms with Gasteiger partial charge in [-0.1, -0.05) is 51.1 Å². The highest BCUT2D eigenvalue weighted by Gasteiger charge is 2.25. The Bertz CT molecular complexity index is 450. The lowest BCUT2D eigenvalue weighted by Crippen LogP contribution is -2.50. The number of carbonyl (C=O) groups excluding carboxylic acids is 1. The van der Waals surface area contributed by atoms with Crippen LogP contribution in [-0.2, 0) is 4.79 Å². The van der Waals surface area contributed by atoms with Crippen molar-refractivity contribution in [1.29, 1.82) is 0 Å². The van der Waals surface area contributed by atoms with Gasteiger partial charge in [-0.2, -0.15) is 0 Å². The van der Waals surface area contributed by atoms with Crippen LogP contribution in [0.3, 0.4) is 0 Å². The molecule has 0 aromatic heterocycles. The summed E-state index contributed by atoms with van der Waals surface area (Å²) in [5, 5.41) is 6.59. The van der Waals surface area contributed by atoms with Crippen molar-refractivity contribution in [3.8, 4) is 0 Å². The molecule has 4 heteroatoms. The lowest BCUT2D eigenvalue weighted by molar-refractivity contribution is -0.122. The number of amides is 1. The Morgan fingerprint density at radius 2 is 2.00 bits per heavy atom. The SMILES string of the molecule is CC(C)C(CC(=O)NC1CNCCC1C)c1ccccc1.Cl. The second-order valence-electron chi connectivity index (χ2n) is 6.61. The van der Waals surface area contributed by atoms with Crippen LogP contribution in [0.5, 0.6) is 0 Å². The fourth-order valence-electron chi connectivity index (χ4n) is 3.09. The summed E-state index contributed by atoms with van der Waals surface area (Å²) in [6, 6.07) is 10.7. The molecule has 124 valence electrons. The van der Waals surface area contributed by atoms with Crippen LogP contribution in [0.4, 0.5) is 0 Å². The van der Waals surface area contributed by atoms with E-state index in [1.807, 2.05) is 6.07 Å². The van der Waals surface area contributed by atoms with Crippen molar-refractivity contribution >= 4 is 18.3 Å². The highest BCUT2D eigenvalue weighted by atomic mass is 35.5. The molecule has 1 amide bonds.